The zero-order chi connectivity index (χ0) is 9.80. The maximum Gasteiger partial charge on any atom is 0.0173 e. The molecule has 0 unspecified atom stereocenters. The van der Waals surface area contributed by atoms with Crippen LogP contribution in [0.4, 0.5) is 0 Å². The number of hydrogen-bond donors (Lipinski definition) is 0. The topological polar surface area (TPSA) is 3.24 Å². The summed E-state index contributed by atoms with van der Waals surface area (Å²) in [6.45, 7) is 4.64. The summed E-state index contributed by atoms with van der Waals surface area (Å²) in [5, 5.41) is 0. The van der Waals surface area contributed by atoms with E-state index in [1.807, 2.05) is 0 Å². The van der Waals surface area contributed by atoms with Crippen LogP contribution in [-0.4, -0.2) is 18.0 Å². The van der Waals surface area contributed by atoms with E-state index in [1.54, 1.807) is 0 Å². The normalized spacial score (nSPS) is 17.5. The molecular weight excluding hydrogens is 170 g/mol. The highest BCUT2D eigenvalue weighted by atomic mass is 15.1. The summed E-state index contributed by atoms with van der Waals surface area (Å²) in [7, 11) is 0. The van der Waals surface area contributed by atoms with Gasteiger partial charge in [-0.15, -0.1) is 0 Å². The van der Waals surface area contributed by atoms with Crippen molar-refractivity contribution in [3.8, 4) is 0 Å². The molecule has 1 nitrogen and oxygen atoms in total. The minimum Gasteiger partial charge on any atom is -0.377 e. The van der Waals surface area contributed by atoms with Crippen molar-refractivity contribution in [2.45, 2.75) is 19.8 Å². The highest BCUT2D eigenvalue weighted by molar-refractivity contribution is 5.63. The van der Waals surface area contributed by atoms with Gasteiger partial charge in [0.05, 0.1) is 0 Å². The monoisotopic (exact) mass is 187 g/mol. The average molecular weight is 187 g/mol. The summed E-state index contributed by atoms with van der Waals surface area (Å²) in [6, 6.07) is 10.6. The van der Waals surface area contributed by atoms with Crippen molar-refractivity contribution in [3.63, 3.8) is 0 Å². The van der Waals surface area contributed by atoms with Gasteiger partial charge in [-0.2, -0.15) is 0 Å². The Labute approximate surface area is 86.1 Å². The van der Waals surface area contributed by atoms with E-state index in [4.69, 9.17) is 0 Å². The summed E-state index contributed by atoms with van der Waals surface area (Å²) >= 11 is 0. The van der Waals surface area contributed by atoms with E-state index in [0.717, 1.165) is 0 Å². The van der Waals surface area contributed by atoms with Crippen LogP contribution in [-0.2, 0) is 0 Å². The first-order valence-corrected chi connectivity index (χ1v) is 5.34. The van der Waals surface area contributed by atoms with Crippen molar-refractivity contribution in [1.82, 2.24) is 4.90 Å². The van der Waals surface area contributed by atoms with E-state index < -0.39 is 0 Å². The lowest BCUT2D eigenvalue weighted by Crippen LogP contribution is -2.11. The minimum atomic E-state index is 1.23. The second-order valence-electron chi connectivity index (χ2n) is 3.92. The molecule has 1 heterocycles. The van der Waals surface area contributed by atoms with Gasteiger partial charge in [-0.25, -0.2) is 0 Å². The summed E-state index contributed by atoms with van der Waals surface area (Å²) < 4.78 is 0. The molecule has 1 saturated heterocycles. The van der Waals surface area contributed by atoms with Crippen LogP contribution >= 0.6 is 0 Å². The molecule has 0 N–H and O–H groups in total. The van der Waals surface area contributed by atoms with Gasteiger partial charge < -0.3 is 4.90 Å². The van der Waals surface area contributed by atoms with E-state index in [0.29, 0.717) is 0 Å². The Hall–Kier alpha value is -1.24. The Morgan fingerprint density at radius 3 is 2.43 bits per heavy atom. The Balaban J connectivity index is 2.10. The first-order chi connectivity index (χ1) is 6.86. The third-order valence-electron chi connectivity index (χ3n) is 2.75. The van der Waals surface area contributed by atoms with Gasteiger partial charge in [-0.3, -0.25) is 0 Å². The lowest BCUT2D eigenvalue weighted by Gasteiger charge is -2.13. The number of hydrogen-bond acceptors (Lipinski definition) is 1. The number of likely N-dealkylation sites (tertiary alicyclic amines) is 1. The van der Waals surface area contributed by atoms with E-state index in [2.05, 4.69) is 48.4 Å². The van der Waals surface area contributed by atoms with E-state index in [1.165, 1.54) is 37.1 Å². The van der Waals surface area contributed by atoms with Crippen molar-refractivity contribution in [3.05, 3.63) is 42.1 Å². The van der Waals surface area contributed by atoms with Gasteiger partial charge in [-0.05, 0) is 30.9 Å². The molecule has 1 aromatic carbocycles. The first-order valence-electron chi connectivity index (χ1n) is 5.34. The SMILES string of the molecule is CC(=CN1CCCC1)c1ccccc1. The number of allylic oxidation sites excluding steroid dienone is 1. The highest BCUT2D eigenvalue weighted by Crippen LogP contribution is 2.16. The van der Waals surface area contributed by atoms with Crippen LogP contribution in [0.2, 0.25) is 0 Å². The molecule has 0 bridgehead atoms. The van der Waals surface area contributed by atoms with E-state index in [-0.39, 0.29) is 0 Å². The molecule has 2 rings (SSSR count). The molecule has 0 spiro atoms. The van der Waals surface area contributed by atoms with Gasteiger partial charge in [0.1, 0.15) is 0 Å². The van der Waals surface area contributed by atoms with Crippen LogP contribution in [0, 0.1) is 0 Å². The number of rotatable bonds is 2. The third-order valence-corrected chi connectivity index (χ3v) is 2.75. The van der Waals surface area contributed by atoms with Gasteiger partial charge in [0.15, 0.2) is 0 Å². The summed E-state index contributed by atoms with van der Waals surface area (Å²) in [6.07, 6.45) is 4.99. The van der Waals surface area contributed by atoms with Crippen molar-refractivity contribution >= 4 is 5.57 Å². The fraction of sp³-hybridized carbons (Fsp3) is 0.385. The summed E-state index contributed by atoms with van der Waals surface area (Å²) in [5.74, 6) is 0. The second kappa shape index (κ2) is 4.32. The van der Waals surface area contributed by atoms with Crippen LogP contribution in [0.25, 0.3) is 5.57 Å². The largest absolute Gasteiger partial charge is 0.377 e. The molecule has 1 fully saturated rings. The highest BCUT2D eigenvalue weighted by Gasteiger charge is 2.07. The molecule has 0 amide bonds. The number of benzene rings is 1. The Morgan fingerprint density at radius 2 is 1.79 bits per heavy atom. The zero-order valence-corrected chi connectivity index (χ0v) is 8.74. The molecule has 0 aliphatic carbocycles. The van der Waals surface area contributed by atoms with Gasteiger partial charge in [0, 0.05) is 19.3 Å². The van der Waals surface area contributed by atoms with Crippen LogP contribution in [0.1, 0.15) is 25.3 Å². The van der Waals surface area contributed by atoms with Gasteiger partial charge >= 0.3 is 0 Å². The Kier molecular flexibility index (Phi) is 2.87. The predicted octanol–water partition coefficient (Wildman–Crippen LogP) is 3.14. The zero-order valence-electron chi connectivity index (χ0n) is 8.74. The third kappa shape index (κ3) is 2.16. The van der Waals surface area contributed by atoms with Gasteiger partial charge in [-0.1, -0.05) is 30.3 Å². The fourth-order valence-electron chi connectivity index (χ4n) is 1.92. The van der Waals surface area contributed by atoms with Crippen LogP contribution in [0.15, 0.2) is 36.5 Å². The molecule has 1 aliphatic rings. The molecule has 0 radical (unpaired) electrons. The molecule has 0 saturated carbocycles. The molecule has 14 heavy (non-hydrogen) atoms. The summed E-state index contributed by atoms with van der Waals surface area (Å²) in [4.78, 5) is 2.42. The molecule has 1 aromatic rings. The lowest BCUT2D eigenvalue weighted by atomic mass is 10.1. The van der Waals surface area contributed by atoms with Crippen molar-refractivity contribution < 1.29 is 0 Å². The molecule has 1 heteroatoms. The molecular formula is C13H17N. The minimum absolute atomic E-state index is 1.23. The quantitative estimate of drug-likeness (QED) is 0.687. The predicted molar refractivity (Wildman–Crippen MR) is 60.9 cm³/mol. The second-order valence-corrected chi connectivity index (χ2v) is 3.92. The van der Waals surface area contributed by atoms with Crippen molar-refractivity contribution in [2.75, 3.05) is 13.1 Å². The van der Waals surface area contributed by atoms with E-state index in [9.17, 15) is 0 Å². The average Bonchev–Trinajstić information content (AvgIpc) is 2.72. The Bertz CT molecular complexity index is 307. The lowest BCUT2D eigenvalue weighted by molar-refractivity contribution is 0.469. The Morgan fingerprint density at radius 1 is 1.14 bits per heavy atom. The summed E-state index contributed by atoms with van der Waals surface area (Å²) in [5.41, 5.74) is 2.70. The van der Waals surface area contributed by atoms with Crippen LogP contribution in [0.5, 0.6) is 0 Å². The molecule has 1 aliphatic heterocycles. The van der Waals surface area contributed by atoms with Gasteiger partial charge in [0.25, 0.3) is 0 Å². The number of nitrogens with zero attached hydrogens (tertiary/aromatic N) is 1. The van der Waals surface area contributed by atoms with Crippen LogP contribution in [0.3, 0.4) is 0 Å². The standard InChI is InChI=1S/C13H17N/c1-12(11-14-9-5-6-10-14)13-7-3-2-4-8-13/h2-4,7-8,11H,5-6,9-10H2,1H3. The first kappa shape index (κ1) is 9.32. The maximum absolute atomic E-state index is 2.42. The van der Waals surface area contributed by atoms with Crippen LogP contribution < -0.4 is 0 Å². The molecule has 0 atom stereocenters. The van der Waals surface area contributed by atoms with Crippen molar-refractivity contribution in [1.29, 1.82) is 0 Å². The molecule has 74 valence electrons. The van der Waals surface area contributed by atoms with Crippen molar-refractivity contribution in [2.24, 2.45) is 0 Å². The maximum atomic E-state index is 2.42. The smallest absolute Gasteiger partial charge is 0.0173 e. The fourth-order valence-corrected chi connectivity index (χ4v) is 1.92. The molecule has 0 aromatic heterocycles. The van der Waals surface area contributed by atoms with E-state index >= 15 is 0 Å². The van der Waals surface area contributed by atoms with Gasteiger partial charge in [0.2, 0.25) is 0 Å².